The zero-order chi connectivity index (χ0) is 16.1. The highest BCUT2D eigenvalue weighted by atomic mass is 35.5. The number of nitrogens with one attached hydrogen (secondary N) is 1. The van der Waals surface area contributed by atoms with Crippen LogP contribution in [0, 0.1) is 0 Å². The summed E-state index contributed by atoms with van der Waals surface area (Å²) in [6, 6.07) is 13.0. The number of carbonyl (C=O) groups excluding carboxylic acids is 1. The molecule has 0 atom stereocenters. The van der Waals surface area contributed by atoms with Crippen molar-refractivity contribution in [2.45, 2.75) is 13.0 Å². The molecule has 1 aliphatic rings. The smallest absolute Gasteiger partial charge is 0.296 e. The molecule has 0 aliphatic carbocycles. The lowest BCUT2D eigenvalue weighted by Gasteiger charge is -2.17. The van der Waals surface area contributed by atoms with Gasteiger partial charge in [0.15, 0.2) is 0 Å². The molecule has 0 fully saturated rings. The first-order valence-corrected chi connectivity index (χ1v) is 7.65. The first-order chi connectivity index (χ1) is 11.2. The van der Waals surface area contributed by atoms with Gasteiger partial charge in [0.05, 0.1) is 6.54 Å². The molecule has 2 aromatic rings. The second kappa shape index (κ2) is 10.2. The Morgan fingerprint density at radius 1 is 1.20 bits per heavy atom. The Labute approximate surface area is 159 Å². The summed E-state index contributed by atoms with van der Waals surface area (Å²) in [4.78, 5) is 16.5. The maximum Gasteiger partial charge on any atom is 0.296 e. The average molecular weight is 382 g/mol. The number of nitrogens with zero attached hydrogens (tertiary/aromatic N) is 2. The van der Waals surface area contributed by atoms with Crippen LogP contribution in [-0.4, -0.2) is 34.3 Å². The van der Waals surface area contributed by atoms with Gasteiger partial charge in [-0.05, 0) is 41.8 Å². The highest BCUT2D eigenvalue weighted by Gasteiger charge is 2.17. The van der Waals surface area contributed by atoms with E-state index in [0.29, 0.717) is 5.06 Å². The van der Waals surface area contributed by atoms with Gasteiger partial charge in [0.1, 0.15) is 5.69 Å². The summed E-state index contributed by atoms with van der Waals surface area (Å²) in [5.41, 5.74) is 3.30. The number of aromatic nitrogens is 1. The van der Waals surface area contributed by atoms with E-state index in [9.17, 15) is 10.0 Å². The van der Waals surface area contributed by atoms with Crippen LogP contribution in [0.4, 0.5) is 0 Å². The van der Waals surface area contributed by atoms with E-state index in [1.54, 1.807) is 12.3 Å². The number of carbonyl (C=O) groups is 1. The van der Waals surface area contributed by atoms with Crippen molar-refractivity contribution in [3.63, 3.8) is 0 Å². The minimum absolute atomic E-state index is 0. The Kier molecular flexibility index (Phi) is 8.58. The highest BCUT2D eigenvalue weighted by Crippen LogP contribution is 2.20. The van der Waals surface area contributed by atoms with Gasteiger partial charge in [-0.15, -0.1) is 24.8 Å². The fourth-order valence-electron chi connectivity index (χ4n) is 2.59. The van der Waals surface area contributed by atoms with Gasteiger partial charge >= 0.3 is 0 Å². The lowest BCUT2D eigenvalue weighted by atomic mass is 10.0. The molecule has 1 amide bonds. The van der Waals surface area contributed by atoms with Crippen molar-refractivity contribution in [3.05, 3.63) is 71.6 Å². The van der Waals surface area contributed by atoms with Crippen molar-refractivity contribution in [2.24, 2.45) is 0 Å². The van der Waals surface area contributed by atoms with Crippen molar-refractivity contribution in [2.75, 3.05) is 13.1 Å². The summed E-state index contributed by atoms with van der Waals surface area (Å²) in [6.07, 6.45) is 4.65. The first-order valence-electron chi connectivity index (χ1n) is 7.65. The molecular weight excluding hydrogens is 361 g/mol. The molecule has 0 saturated heterocycles. The van der Waals surface area contributed by atoms with Crippen LogP contribution in [0.3, 0.4) is 0 Å². The van der Waals surface area contributed by atoms with Gasteiger partial charge in [0.25, 0.3) is 5.91 Å². The van der Waals surface area contributed by atoms with E-state index in [1.807, 2.05) is 36.4 Å². The molecule has 2 heterocycles. The summed E-state index contributed by atoms with van der Waals surface area (Å²) in [6.45, 7) is 1.90. The van der Waals surface area contributed by atoms with Crippen LogP contribution in [0.2, 0.25) is 0 Å². The molecular formula is C18H21Cl2N3O2. The molecule has 25 heavy (non-hydrogen) atoms. The molecule has 0 saturated carbocycles. The Bertz CT molecular complexity index is 723. The van der Waals surface area contributed by atoms with Gasteiger partial charge in [-0.25, -0.2) is 5.06 Å². The number of hydrogen-bond acceptors (Lipinski definition) is 4. The van der Waals surface area contributed by atoms with Crippen LogP contribution in [0.25, 0.3) is 5.57 Å². The second-order valence-corrected chi connectivity index (χ2v) is 5.46. The third-order valence-electron chi connectivity index (χ3n) is 3.82. The normalized spacial score (nSPS) is 13.1. The quantitative estimate of drug-likeness (QED) is 0.629. The molecule has 2 N–H and O–H groups in total. The van der Waals surface area contributed by atoms with Gasteiger partial charge in [0, 0.05) is 12.7 Å². The maximum atomic E-state index is 12.4. The van der Waals surface area contributed by atoms with Crippen LogP contribution in [0.1, 0.15) is 28.0 Å². The zero-order valence-electron chi connectivity index (χ0n) is 13.6. The summed E-state index contributed by atoms with van der Waals surface area (Å²) < 4.78 is 0. The number of benzene rings is 1. The number of halogens is 2. The van der Waals surface area contributed by atoms with Crippen LogP contribution in [-0.2, 0) is 6.54 Å². The topological polar surface area (TPSA) is 65.5 Å². The molecule has 0 unspecified atom stereocenters. The maximum absolute atomic E-state index is 12.4. The van der Waals surface area contributed by atoms with E-state index in [-0.39, 0.29) is 37.1 Å². The summed E-state index contributed by atoms with van der Waals surface area (Å²) in [7, 11) is 0. The molecule has 0 bridgehead atoms. The van der Waals surface area contributed by atoms with Crippen molar-refractivity contribution in [1.29, 1.82) is 0 Å². The number of pyridine rings is 1. The molecule has 5 nitrogen and oxygen atoms in total. The second-order valence-electron chi connectivity index (χ2n) is 5.46. The first kappa shape index (κ1) is 21.1. The van der Waals surface area contributed by atoms with Gasteiger partial charge in [-0.2, -0.15) is 0 Å². The minimum atomic E-state index is -0.495. The number of rotatable bonds is 4. The number of amides is 1. The van der Waals surface area contributed by atoms with Crippen molar-refractivity contribution >= 4 is 36.3 Å². The standard InChI is InChI=1S/C18H19N3O2.2ClH/c22-18(21(23)13-14-4-2-1-3-5-14)17-12-16(8-11-20-17)15-6-9-19-10-7-15;;/h1-6,8,11-12,19,23H,7,9-10,13H2;2*1H. The van der Waals surface area contributed by atoms with Gasteiger partial charge in [-0.1, -0.05) is 36.4 Å². The van der Waals surface area contributed by atoms with Crippen molar-refractivity contribution < 1.29 is 10.0 Å². The fraction of sp³-hybridized carbons (Fsp3) is 0.222. The van der Waals surface area contributed by atoms with Crippen LogP contribution in [0.5, 0.6) is 0 Å². The van der Waals surface area contributed by atoms with Crippen molar-refractivity contribution in [1.82, 2.24) is 15.4 Å². The van der Waals surface area contributed by atoms with Crippen LogP contribution >= 0.6 is 24.8 Å². The van der Waals surface area contributed by atoms with Gasteiger partial charge in [0.2, 0.25) is 0 Å². The van der Waals surface area contributed by atoms with E-state index in [1.165, 1.54) is 5.57 Å². The minimum Gasteiger partial charge on any atom is -0.313 e. The highest BCUT2D eigenvalue weighted by molar-refractivity contribution is 5.92. The average Bonchev–Trinajstić information content (AvgIpc) is 2.63. The lowest BCUT2D eigenvalue weighted by Crippen LogP contribution is -2.27. The van der Waals surface area contributed by atoms with Gasteiger partial charge in [-0.3, -0.25) is 15.0 Å². The third-order valence-corrected chi connectivity index (χ3v) is 3.82. The SMILES string of the molecule is Cl.Cl.O=C(c1cc(C2=CCNCC2)ccn1)N(O)Cc1ccccc1. The Morgan fingerprint density at radius 3 is 2.64 bits per heavy atom. The fourth-order valence-corrected chi connectivity index (χ4v) is 2.59. The monoisotopic (exact) mass is 381 g/mol. The lowest BCUT2D eigenvalue weighted by molar-refractivity contribution is -0.0652. The predicted molar refractivity (Wildman–Crippen MR) is 102 cm³/mol. The van der Waals surface area contributed by atoms with Gasteiger partial charge < -0.3 is 5.32 Å². The predicted octanol–water partition coefficient (Wildman–Crippen LogP) is 3.33. The molecule has 3 rings (SSSR count). The largest absolute Gasteiger partial charge is 0.313 e. The number of hydrogen-bond donors (Lipinski definition) is 2. The summed E-state index contributed by atoms with van der Waals surface area (Å²) >= 11 is 0. The molecule has 0 spiro atoms. The van der Waals surface area contributed by atoms with Crippen LogP contribution in [0.15, 0.2) is 54.7 Å². The van der Waals surface area contributed by atoms with E-state index < -0.39 is 5.91 Å². The molecule has 1 aromatic heterocycles. The molecule has 7 heteroatoms. The Hall–Kier alpha value is -1.92. The van der Waals surface area contributed by atoms with Crippen LogP contribution < -0.4 is 5.32 Å². The summed E-state index contributed by atoms with van der Waals surface area (Å²) in [5, 5.41) is 14.0. The Balaban J connectivity index is 0.00000156. The van der Waals surface area contributed by atoms with Crippen molar-refractivity contribution in [3.8, 4) is 0 Å². The zero-order valence-corrected chi connectivity index (χ0v) is 15.2. The Morgan fingerprint density at radius 2 is 1.96 bits per heavy atom. The molecule has 134 valence electrons. The van der Waals surface area contributed by atoms with E-state index >= 15 is 0 Å². The van der Waals surface area contributed by atoms with E-state index in [0.717, 1.165) is 30.6 Å². The summed E-state index contributed by atoms with van der Waals surface area (Å²) in [5.74, 6) is -0.495. The molecule has 1 aromatic carbocycles. The third kappa shape index (κ3) is 5.54. The van der Waals surface area contributed by atoms with E-state index in [4.69, 9.17) is 0 Å². The molecule has 0 radical (unpaired) electrons. The molecule has 1 aliphatic heterocycles. The van der Waals surface area contributed by atoms with E-state index in [2.05, 4.69) is 16.4 Å². The number of hydroxylamine groups is 2.